The Hall–Kier alpha value is -1.13. The van der Waals surface area contributed by atoms with E-state index in [-0.39, 0.29) is 5.56 Å². The van der Waals surface area contributed by atoms with Crippen LogP contribution in [0.2, 0.25) is 0 Å². The molecule has 0 aromatic carbocycles. The molecule has 0 bridgehead atoms. The molecule has 2 rings (SSSR count). The maximum Gasteiger partial charge on any atom is 0.255 e. The summed E-state index contributed by atoms with van der Waals surface area (Å²) < 4.78 is 1.99. The van der Waals surface area contributed by atoms with Gasteiger partial charge in [0.2, 0.25) is 0 Å². The highest BCUT2D eigenvalue weighted by Gasteiger charge is 2.20. The van der Waals surface area contributed by atoms with Gasteiger partial charge in [-0.25, -0.2) is 0 Å². The van der Waals surface area contributed by atoms with Gasteiger partial charge >= 0.3 is 0 Å². The molecule has 1 aliphatic rings. The van der Waals surface area contributed by atoms with Crippen LogP contribution in [0.1, 0.15) is 49.9 Å². The first-order valence-corrected chi connectivity index (χ1v) is 7.88. The number of aromatic nitrogens is 1. The third-order valence-corrected chi connectivity index (χ3v) is 4.12. The lowest BCUT2D eigenvalue weighted by Crippen LogP contribution is -2.37. The summed E-state index contributed by atoms with van der Waals surface area (Å²) in [7, 11) is 0. The van der Waals surface area contributed by atoms with E-state index in [1.165, 1.54) is 17.7 Å². The molecule has 0 radical (unpaired) electrons. The number of nitrogens with two attached hydrogens (primary N) is 1. The van der Waals surface area contributed by atoms with Gasteiger partial charge in [-0.05, 0) is 31.0 Å². The van der Waals surface area contributed by atoms with Crippen molar-refractivity contribution in [2.75, 3.05) is 13.1 Å². The first-order chi connectivity index (χ1) is 9.71. The van der Waals surface area contributed by atoms with E-state index < -0.39 is 0 Å². The summed E-state index contributed by atoms with van der Waals surface area (Å²) in [4.78, 5) is 14.9. The van der Waals surface area contributed by atoms with E-state index in [1.807, 2.05) is 10.6 Å². The first kappa shape index (κ1) is 15.3. The average Bonchev–Trinajstić information content (AvgIpc) is 2.46. The van der Waals surface area contributed by atoms with Crippen LogP contribution >= 0.6 is 0 Å². The molecule has 20 heavy (non-hydrogen) atoms. The fraction of sp³-hybridized carbons (Fsp3) is 0.688. The van der Waals surface area contributed by atoms with E-state index in [0.717, 1.165) is 51.0 Å². The molecular weight excluding hydrogens is 250 g/mol. The summed E-state index contributed by atoms with van der Waals surface area (Å²) >= 11 is 0. The van der Waals surface area contributed by atoms with Crippen molar-refractivity contribution in [1.82, 2.24) is 9.47 Å². The van der Waals surface area contributed by atoms with E-state index in [1.54, 1.807) is 0 Å². The average molecular weight is 277 g/mol. The normalized spacial score (nSPS) is 15.3. The number of hydrogen-bond donors (Lipinski definition) is 1. The number of nitrogens with zero attached hydrogens (tertiary/aromatic N) is 2. The quantitative estimate of drug-likeness (QED) is 0.863. The fourth-order valence-corrected chi connectivity index (χ4v) is 3.05. The molecule has 2 N–H and O–H groups in total. The van der Waals surface area contributed by atoms with Crippen LogP contribution in [-0.4, -0.2) is 22.6 Å². The smallest absolute Gasteiger partial charge is 0.255 e. The van der Waals surface area contributed by atoms with Crippen molar-refractivity contribution in [1.29, 1.82) is 0 Å². The summed E-state index contributed by atoms with van der Waals surface area (Å²) in [6, 6.07) is 2.04. The molecule has 0 atom stereocenters. The zero-order valence-electron chi connectivity index (χ0n) is 12.8. The zero-order chi connectivity index (χ0) is 14.5. The predicted molar refractivity (Wildman–Crippen MR) is 82.8 cm³/mol. The topological polar surface area (TPSA) is 51.3 Å². The third kappa shape index (κ3) is 3.13. The van der Waals surface area contributed by atoms with Gasteiger partial charge in [-0.15, -0.1) is 0 Å². The summed E-state index contributed by atoms with van der Waals surface area (Å²) in [6.45, 7) is 8.70. The molecule has 0 spiro atoms. The summed E-state index contributed by atoms with van der Waals surface area (Å²) in [5.41, 5.74) is 9.19. The third-order valence-electron chi connectivity index (χ3n) is 4.12. The molecule has 0 saturated heterocycles. The van der Waals surface area contributed by atoms with E-state index in [9.17, 15) is 4.79 Å². The summed E-state index contributed by atoms with van der Waals surface area (Å²) in [5.74, 6) is 0. The maximum atomic E-state index is 12.5. The lowest BCUT2D eigenvalue weighted by atomic mass is 10.0. The molecule has 1 aliphatic heterocycles. The van der Waals surface area contributed by atoms with Crippen molar-refractivity contribution in [2.24, 2.45) is 5.73 Å². The fourth-order valence-electron chi connectivity index (χ4n) is 3.05. The number of rotatable bonds is 6. The van der Waals surface area contributed by atoms with Crippen molar-refractivity contribution in [3.63, 3.8) is 0 Å². The van der Waals surface area contributed by atoms with Gasteiger partial charge in [-0.2, -0.15) is 0 Å². The minimum absolute atomic E-state index is 0.128. The zero-order valence-corrected chi connectivity index (χ0v) is 12.8. The second-order valence-corrected chi connectivity index (χ2v) is 5.68. The Balaban J connectivity index is 2.37. The van der Waals surface area contributed by atoms with Crippen LogP contribution in [0.15, 0.2) is 10.9 Å². The maximum absolute atomic E-state index is 12.5. The molecule has 4 nitrogen and oxygen atoms in total. The molecule has 112 valence electrons. The van der Waals surface area contributed by atoms with Crippen LogP contribution in [0.25, 0.3) is 0 Å². The molecule has 2 heterocycles. The molecule has 0 amide bonds. The minimum atomic E-state index is 0.128. The Morgan fingerprint density at radius 2 is 2.05 bits per heavy atom. The Kier molecular flexibility index (Phi) is 5.38. The second-order valence-electron chi connectivity index (χ2n) is 5.68. The van der Waals surface area contributed by atoms with Gasteiger partial charge in [0.15, 0.2) is 0 Å². The van der Waals surface area contributed by atoms with Gasteiger partial charge in [0, 0.05) is 43.9 Å². The van der Waals surface area contributed by atoms with Crippen LogP contribution in [-0.2, 0) is 26.1 Å². The number of pyridine rings is 1. The number of unbranched alkanes of at least 4 members (excludes halogenated alkanes) is 1. The first-order valence-electron chi connectivity index (χ1n) is 7.88. The molecule has 0 saturated carbocycles. The molecule has 0 aliphatic carbocycles. The van der Waals surface area contributed by atoms with E-state index >= 15 is 0 Å². The lowest BCUT2D eigenvalue weighted by molar-refractivity contribution is 0.248. The standard InChI is InChI=1S/C16H27N3O/c1-3-5-8-19-15-6-9-18(7-4-2)12-14(15)10-13(11-17)16(19)20/h10H,3-9,11-12,17H2,1-2H3. The molecule has 0 unspecified atom stereocenters. The lowest BCUT2D eigenvalue weighted by Gasteiger charge is -2.30. The van der Waals surface area contributed by atoms with Crippen molar-refractivity contribution < 1.29 is 0 Å². The summed E-state index contributed by atoms with van der Waals surface area (Å²) in [5, 5.41) is 0. The predicted octanol–water partition coefficient (Wildman–Crippen LogP) is 1.88. The van der Waals surface area contributed by atoms with E-state index in [0.29, 0.717) is 6.54 Å². The van der Waals surface area contributed by atoms with Crippen molar-refractivity contribution in [3.8, 4) is 0 Å². The molecule has 1 aromatic heterocycles. The van der Waals surface area contributed by atoms with Crippen LogP contribution < -0.4 is 11.3 Å². The van der Waals surface area contributed by atoms with Crippen molar-refractivity contribution in [2.45, 2.75) is 59.2 Å². The van der Waals surface area contributed by atoms with E-state index in [2.05, 4.69) is 18.7 Å². The highest BCUT2D eigenvalue weighted by molar-refractivity contribution is 5.29. The molecule has 0 fully saturated rings. The highest BCUT2D eigenvalue weighted by Crippen LogP contribution is 2.19. The van der Waals surface area contributed by atoms with Crippen LogP contribution in [0, 0.1) is 0 Å². The monoisotopic (exact) mass is 277 g/mol. The van der Waals surface area contributed by atoms with Crippen molar-refractivity contribution in [3.05, 3.63) is 33.2 Å². The summed E-state index contributed by atoms with van der Waals surface area (Å²) in [6.07, 6.45) is 4.32. The van der Waals surface area contributed by atoms with Crippen LogP contribution in [0.5, 0.6) is 0 Å². The van der Waals surface area contributed by atoms with Gasteiger partial charge in [0.1, 0.15) is 0 Å². The Morgan fingerprint density at radius 3 is 2.70 bits per heavy atom. The van der Waals surface area contributed by atoms with Gasteiger partial charge < -0.3 is 10.3 Å². The molecule has 4 heteroatoms. The van der Waals surface area contributed by atoms with Gasteiger partial charge in [0.05, 0.1) is 0 Å². The van der Waals surface area contributed by atoms with Crippen LogP contribution in [0.4, 0.5) is 0 Å². The largest absolute Gasteiger partial charge is 0.326 e. The van der Waals surface area contributed by atoms with Gasteiger partial charge in [-0.3, -0.25) is 9.69 Å². The second kappa shape index (κ2) is 7.04. The Labute approximate surface area is 121 Å². The van der Waals surface area contributed by atoms with Gasteiger partial charge in [-0.1, -0.05) is 20.3 Å². The molecule has 1 aromatic rings. The number of hydrogen-bond acceptors (Lipinski definition) is 3. The van der Waals surface area contributed by atoms with Gasteiger partial charge in [0.25, 0.3) is 5.56 Å². The highest BCUT2D eigenvalue weighted by atomic mass is 16.1. The van der Waals surface area contributed by atoms with Crippen LogP contribution in [0.3, 0.4) is 0 Å². The van der Waals surface area contributed by atoms with Crippen molar-refractivity contribution >= 4 is 0 Å². The Morgan fingerprint density at radius 1 is 1.25 bits per heavy atom. The van der Waals surface area contributed by atoms with E-state index in [4.69, 9.17) is 5.73 Å². The SMILES string of the molecule is CCCCn1c2c(cc(CN)c1=O)CN(CCC)CC2. The Bertz CT molecular complexity index is 507. The molecular formula is C16H27N3O. The minimum Gasteiger partial charge on any atom is -0.326 e. The number of fused-ring (bicyclic) bond motifs is 1.